The van der Waals surface area contributed by atoms with Crippen molar-refractivity contribution in [3.8, 4) is 11.5 Å². The first-order valence-electron chi connectivity index (χ1n) is 7.73. The predicted octanol–water partition coefficient (Wildman–Crippen LogP) is 1.86. The molecule has 1 N–H and O–H groups in total. The molecule has 0 aliphatic heterocycles. The molecule has 1 fully saturated rings. The largest absolute Gasteiger partial charge is 0.360 e. The summed E-state index contributed by atoms with van der Waals surface area (Å²) < 4.78 is 10.4. The second-order valence-electron chi connectivity index (χ2n) is 5.71. The van der Waals surface area contributed by atoms with Crippen molar-refractivity contribution < 1.29 is 13.8 Å². The van der Waals surface area contributed by atoms with Gasteiger partial charge in [-0.05, 0) is 30.5 Å². The van der Waals surface area contributed by atoms with Crippen molar-refractivity contribution in [1.82, 2.24) is 25.6 Å². The first-order valence-corrected chi connectivity index (χ1v) is 7.73. The number of nitrogens with zero attached hydrogens (tertiary/aromatic N) is 4. The second kappa shape index (κ2) is 6.23. The van der Waals surface area contributed by atoms with Crippen molar-refractivity contribution in [2.45, 2.75) is 31.7 Å². The molecule has 3 aromatic rings. The lowest BCUT2D eigenvalue weighted by Gasteiger charge is -2.01. The van der Waals surface area contributed by atoms with Crippen LogP contribution in [0.2, 0.25) is 0 Å². The van der Waals surface area contributed by atoms with Crippen LogP contribution in [0.25, 0.3) is 11.5 Å². The summed E-state index contributed by atoms with van der Waals surface area (Å²) in [5.41, 5.74) is 1.44. The molecule has 0 unspecified atom stereocenters. The third kappa shape index (κ3) is 3.32. The summed E-state index contributed by atoms with van der Waals surface area (Å²) in [7, 11) is 0. The molecule has 0 spiro atoms. The van der Waals surface area contributed by atoms with Crippen LogP contribution >= 0.6 is 0 Å². The van der Waals surface area contributed by atoms with Crippen molar-refractivity contribution in [2.24, 2.45) is 0 Å². The quantitative estimate of drug-likeness (QED) is 0.737. The van der Waals surface area contributed by atoms with E-state index in [1.807, 2.05) is 6.07 Å². The van der Waals surface area contributed by atoms with Gasteiger partial charge in [0.2, 0.25) is 17.6 Å². The average Bonchev–Trinajstić information content (AvgIpc) is 3.14. The predicted molar refractivity (Wildman–Crippen MR) is 81.6 cm³/mol. The molecule has 1 aliphatic rings. The van der Waals surface area contributed by atoms with Crippen LogP contribution in [0.1, 0.15) is 36.0 Å². The molecular formula is C16H15N5O3. The van der Waals surface area contributed by atoms with Gasteiger partial charge in [0.05, 0.1) is 13.0 Å². The summed E-state index contributed by atoms with van der Waals surface area (Å²) in [4.78, 5) is 20.0. The van der Waals surface area contributed by atoms with Crippen LogP contribution < -0.4 is 5.32 Å². The number of carbonyl (C=O) groups is 1. The monoisotopic (exact) mass is 325 g/mol. The van der Waals surface area contributed by atoms with Gasteiger partial charge in [-0.2, -0.15) is 4.98 Å². The molecule has 0 saturated heterocycles. The Labute approximate surface area is 137 Å². The Balaban J connectivity index is 1.34. The van der Waals surface area contributed by atoms with E-state index in [1.54, 1.807) is 24.5 Å². The van der Waals surface area contributed by atoms with Gasteiger partial charge in [-0.15, -0.1) is 0 Å². The topological polar surface area (TPSA) is 107 Å². The fourth-order valence-electron chi connectivity index (χ4n) is 2.31. The van der Waals surface area contributed by atoms with Gasteiger partial charge in [-0.1, -0.05) is 10.3 Å². The number of amides is 1. The van der Waals surface area contributed by atoms with Crippen molar-refractivity contribution in [3.63, 3.8) is 0 Å². The number of rotatable bonds is 6. The molecule has 122 valence electrons. The van der Waals surface area contributed by atoms with Crippen LogP contribution in [-0.4, -0.2) is 26.2 Å². The van der Waals surface area contributed by atoms with Gasteiger partial charge in [0.15, 0.2) is 5.69 Å². The van der Waals surface area contributed by atoms with E-state index in [0.717, 1.165) is 24.2 Å². The third-order valence-electron chi connectivity index (χ3n) is 3.76. The van der Waals surface area contributed by atoms with Gasteiger partial charge in [0, 0.05) is 24.4 Å². The van der Waals surface area contributed by atoms with Crippen molar-refractivity contribution in [2.75, 3.05) is 0 Å². The van der Waals surface area contributed by atoms with Crippen molar-refractivity contribution in [1.29, 1.82) is 0 Å². The van der Waals surface area contributed by atoms with Gasteiger partial charge in [-0.25, -0.2) is 0 Å². The van der Waals surface area contributed by atoms with Crippen LogP contribution in [0.4, 0.5) is 0 Å². The van der Waals surface area contributed by atoms with E-state index in [2.05, 4.69) is 25.6 Å². The summed E-state index contributed by atoms with van der Waals surface area (Å²) in [5, 5.41) is 10.6. The highest BCUT2D eigenvalue weighted by atomic mass is 16.5. The second-order valence-corrected chi connectivity index (χ2v) is 5.71. The molecule has 1 aliphatic carbocycles. The van der Waals surface area contributed by atoms with Gasteiger partial charge in [0.1, 0.15) is 5.76 Å². The summed E-state index contributed by atoms with van der Waals surface area (Å²) in [5.74, 6) is 1.90. The Morgan fingerprint density at radius 2 is 2.04 bits per heavy atom. The minimum Gasteiger partial charge on any atom is -0.360 e. The fraction of sp³-hybridized carbons (Fsp3) is 0.312. The third-order valence-corrected chi connectivity index (χ3v) is 3.76. The Kier molecular flexibility index (Phi) is 3.78. The van der Waals surface area contributed by atoms with Crippen LogP contribution in [0.3, 0.4) is 0 Å². The fourth-order valence-corrected chi connectivity index (χ4v) is 2.31. The number of hydrogen-bond acceptors (Lipinski definition) is 7. The molecule has 0 aromatic carbocycles. The van der Waals surface area contributed by atoms with Gasteiger partial charge >= 0.3 is 0 Å². The number of hydrogen-bond donors (Lipinski definition) is 1. The highest BCUT2D eigenvalue weighted by Crippen LogP contribution is 2.40. The minimum absolute atomic E-state index is 0.126. The molecule has 24 heavy (non-hydrogen) atoms. The highest BCUT2D eigenvalue weighted by molar-refractivity contribution is 5.78. The number of aromatic nitrogens is 4. The highest BCUT2D eigenvalue weighted by Gasteiger charge is 2.28. The molecule has 1 saturated carbocycles. The van der Waals surface area contributed by atoms with Gasteiger partial charge < -0.3 is 14.4 Å². The summed E-state index contributed by atoms with van der Waals surface area (Å²) in [6.07, 6.45) is 5.85. The Bertz CT molecular complexity index is 838. The van der Waals surface area contributed by atoms with Gasteiger partial charge in [-0.3, -0.25) is 9.78 Å². The molecule has 0 radical (unpaired) electrons. The minimum atomic E-state index is -0.126. The Morgan fingerprint density at radius 3 is 2.83 bits per heavy atom. The molecule has 3 aromatic heterocycles. The van der Waals surface area contributed by atoms with E-state index in [4.69, 9.17) is 9.05 Å². The number of pyridine rings is 1. The molecule has 4 rings (SSSR count). The smallest absolute Gasteiger partial charge is 0.246 e. The molecule has 1 amide bonds. The maximum atomic E-state index is 11.9. The van der Waals surface area contributed by atoms with Crippen LogP contribution in [0, 0.1) is 0 Å². The maximum Gasteiger partial charge on any atom is 0.246 e. The maximum absolute atomic E-state index is 11.9. The van der Waals surface area contributed by atoms with Crippen LogP contribution in [0.15, 0.2) is 39.6 Å². The van der Waals surface area contributed by atoms with E-state index >= 15 is 0 Å². The normalized spacial score (nSPS) is 13.8. The standard InChI is InChI=1S/C16H15N5O3/c22-14(7-10-3-5-17-6-4-10)18-9-15-19-16(21-24-15)12-8-13(23-20-12)11-1-2-11/h3-6,8,11H,1-2,7,9H2,(H,18,22). The molecule has 0 atom stereocenters. The zero-order valence-electron chi connectivity index (χ0n) is 12.8. The van der Waals surface area contributed by atoms with E-state index in [9.17, 15) is 4.79 Å². The summed E-state index contributed by atoms with van der Waals surface area (Å²) in [6, 6.07) is 5.44. The van der Waals surface area contributed by atoms with Crippen LogP contribution in [-0.2, 0) is 17.8 Å². The lowest BCUT2D eigenvalue weighted by molar-refractivity contribution is -0.120. The molecule has 0 bridgehead atoms. The first-order chi connectivity index (χ1) is 11.8. The molecule has 3 heterocycles. The van der Waals surface area contributed by atoms with Crippen molar-refractivity contribution in [3.05, 3.63) is 47.8 Å². The molecule has 8 nitrogen and oxygen atoms in total. The van der Waals surface area contributed by atoms with Crippen molar-refractivity contribution >= 4 is 5.91 Å². The number of nitrogens with one attached hydrogen (secondary N) is 1. The van der Waals surface area contributed by atoms with E-state index in [0.29, 0.717) is 23.3 Å². The number of carbonyl (C=O) groups excluding carboxylic acids is 1. The summed E-state index contributed by atoms with van der Waals surface area (Å²) >= 11 is 0. The Morgan fingerprint density at radius 1 is 1.21 bits per heavy atom. The van der Waals surface area contributed by atoms with Gasteiger partial charge in [0.25, 0.3) is 0 Å². The van der Waals surface area contributed by atoms with E-state index in [-0.39, 0.29) is 18.9 Å². The lowest BCUT2D eigenvalue weighted by Crippen LogP contribution is -2.24. The zero-order chi connectivity index (χ0) is 16.4. The molecule has 8 heteroatoms. The SMILES string of the molecule is O=C(Cc1ccncc1)NCc1nc(-c2cc(C3CC3)on2)no1. The molecular weight excluding hydrogens is 310 g/mol. The Hall–Kier alpha value is -3.03. The van der Waals surface area contributed by atoms with E-state index < -0.39 is 0 Å². The first kappa shape index (κ1) is 14.6. The average molecular weight is 325 g/mol. The lowest BCUT2D eigenvalue weighted by atomic mass is 10.2. The zero-order valence-corrected chi connectivity index (χ0v) is 12.8. The van der Waals surface area contributed by atoms with E-state index in [1.165, 1.54) is 0 Å². The summed E-state index contributed by atoms with van der Waals surface area (Å²) in [6.45, 7) is 0.171. The van der Waals surface area contributed by atoms with Crippen LogP contribution in [0.5, 0.6) is 0 Å².